The van der Waals surface area contributed by atoms with Crippen LogP contribution in [0, 0.1) is 19.3 Å². The van der Waals surface area contributed by atoms with Crippen molar-refractivity contribution >= 4 is 17.2 Å². The van der Waals surface area contributed by atoms with Gasteiger partial charge in [0.15, 0.2) is 0 Å². The van der Waals surface area contributed by atoms with Crippen LogP contribution in [-0.2, 0) is 0 Å². The van der Waals surface area contributed by atoms with Gasteiger partial charge in [-0.1, -0.05) is 5.92 Å². The summed E-state index contributed by atoms with van der Waals surface area (Å²) in [6.07, 6.45) is 5.10. The Morgan fingerprint density at radius 2 is 2.54 bits per heavy atom. The number of carbonyl (C=O) groups is 1. The Labute approximate surface area is 81.4 Å². The fraction of sp³-hybridized carbons (Fsp3) is 0.333. The van der Waals surface area contributed by atoms with Crippen LogP contribution < -0.4 is 0 Å². The summed E-state index contributed by atoms with van der Waals surface area (Å²) in [7, 11) is 1.68. The van der Waals surface area contributed by atoms with E-state index in [4.69, 9.17) is 6.42 Å². The molecular formula is C9H10N2OS. The standard InChI is InChI=1S/C9H10N2OS/c1-4-5-11(3)9(12)8-7(2)10-6-13-8/h1,6H,5H2,2-3H3. The van der Waals surface area contributed by atoms with E-state index in [-0.39, 0.29) is 5.91 Å². The molecule has 1 amide bonds. The molecule has 3 nitrogen and oxygen atoms in total. The lowest BCUT2D eigenvalue weighted by atomic mass is 10.3. The number of nitrogens with zero attached hydrogens (tertiary/aromatic N) is 2. The topological polar surface area (TPSA) is 33.2 Å². The Hall–Kier alpha value is -1.34. The molecule has 0 spiro atoms. The number of amides is 1. The van der Waals surface area contributed by atoms with Crippen molar-refractivity contribution in [1.29, 1.82) is 0 Å². The second-order valence-corrected chi connectivity index (χ2v) is 3.49. The third kappa shape index (κ3) is 2.07. The van der Waals surface area contributed by atoms with Crippen LogP contribution in [0.3, 0.4) is 0 Å². The van der Waals surface area contributed by atoms with Crippen LogP contribution in [0.5, 0.6) is 0 Å². The zero-order valence-electron chi connectivity index (χ0n) is 7.57. The van der Waals surface area contributed by atoms with Gasteiger partial charge in [-0.2, -0.15) is 0 Å². The van der Waals surface area contributed by atoms with E-state index in [1.54, 1.807) is 12.6 Å². The highest BCUT2D eigenvalue weighted by Crippen LogP contribution is 2.13. The van der Waals surface area contributed by atoms with Gasteiger partial charge in [-0.3, -0.25) is 4.79 Å². The van der Waals surface area contributed by atoms with Gasteiger partial charge in [0.25, 0.3) is 5.91 Å². The number of hydrogen-bond acceptors (Lipinski definition) is 3. The molecule has 13 heavy (non-hydrogen) atoms. The normalized spacial score (nSPS) is 9.31. The van der Waals surface area contributed by atoms with Crippen molar-refractivity contribution in [3.8, 4) is 12.3 Å². The first-order valence-electron chi connectivity index (χ1n) is 3.76. The highest BCUT2D eigenvalue weighted by atomic mass is 32.1. The van der Waals surface area contributed by atoms with Crippen LogP contribution >= 0.6 is 11.3 Å². The van der Waals surface area contributed by atoms with Crippen molar-refractivity contribution in [3.05, 3.63) is 16.1 Å². The minimum absolute atomic E-state index is 0.0575. The second-order valence-electron chi connectivity index (χ2n) is 2.63. The van der Waals surface area contributed by atoms with Crippen LogP contribution in [0.1, 0.15) is 15.4 Å². The van der Waals surface area contributed by atoms with E-state index in [9.17, 15) is 4.79 Å². The fourth-order valence-electron chi connectivity index (χ4n) is 0.889. The molecule has 0 unspecified atom stereocenters. The summed E-state index contributed by atoms with van der Waals surface area (Å²) in [6.45, 7) is 2.14. The van der Waals surface area contributed by atoms with Crippen LogP contribution in [0.25, 0.3) is 0 Å². The monoisotopic (exact) mass is 194 g/mol. The Morgan fingerprint density at radius 1 is 1.85 bits per heavy atom. The molecule has 0 bridgehead atoms. The van der Waals surface area contributed by atoms with E-state index in [2.05, 4.69) is 10.9 Å². The Bertz CT molecular complexity index is 351. The molecule has 0 aliphatic carbocycles. The highest BCUT2D eigenvalue weighted by Gasteiger charge is 2.14. The predicted molar refractivity (Wildman–Crippen MR) is 52.6 cm³/mol. The molecule has 0 fully saturated rings. The summed E-state index contributed by atoms with van der Waals surface area (Å²) in [5.74, 6) is 2.36. The lowest BCUT2D eigenvalue weighted by Crippen LogP contribution is -2.26. The maximum absolute atomic E-state index is 11.6. The third-order valence-electron chi connectivity index (χ3n) is 1.61. The minimum atomic E-state index is -0.0575. The predicted octanol–water partition coefficient (Wildman–Crippen LogP) is 1.16. The van der Waals surface area contributed by atoms with E-state index >= 15 is 0 Å². The Kier molecular flexibility index (Phi) is 3.04. The van der Waals surface area contributed by atoms with Gasteiger partial charge in [-0.15, -0.1) is 17.8 Å². The minimum Gasteiger partial charge on any atom is -0.330 e. The van der Waals surface area contributed by atoms with Crippen molar-refractivity contribution in [1.82, 2.24) is 9.88 Å². The number of thiazole rings is 1. The van der Waals surface area contributed by atoms with E-state index in [1.807, 2.05) is 6.92 Å². The van der Waals surface area contributed by atoms with Crippen LogP contribution in [0.15, 0.2) is 5.51 Å². The molecule has 0 saturated heterocycles. The van der Waals surface area contributed by atoms with E-state index in [1.165, 1.54) is 16.2 Å². The van der Waals surface area contributed by atoms with E-state index in [0.717, 1.165) is 5.69 Å². The van der Waals surface area contributed by atoms with Crippen molar-refractivity contribution < 1.29 is 4.79 Å². The molecule has 4 heteroatoms. The van der Waals surface area contributed by atoms with Crippen LogP contribution in [-0.4, -0.2) is 29.4 Å². The average molecular weight is 194 g/mol. The Balaban J connectivity index is 2.81. The molecule has 0 N–H and O–H groups in total. The van der Waals surface area contributed by atoms with Gasteiger partial charge in [0.05, 0.1) is 17.7 Å². The van der Waals surface area contributed by atoms with Gasteiger partial charge in [-0.05, 0) is 6.92 Å². The first-order chi connectivity index (χ1) is 6.16. The second kappa shape index (κ2) is 4.06. The van der Waals surface area contributed by atoms with Crippen LogP contribution in [0.4, 0.5) is 0 Å². The van der Waals surface area contributed by atoms with Crippen molar-refractivity contribution in [3.63, 3.8) is 0 Å². The molecular weight excluding hydrogens is 184 g/mol. The van der Waals surface area contributed by atoms with Crippen molar-refractivity contribution in [2.75, 3.05) is 13.6 Å². The lowest BCUT2D eigenvalue weighted by Gasteiger charge is -2.12. The van der Waals surface area contributed by atoms with Gasteiger partial charge in [0.1, 0.15) is 4.88 Å². The summed E-state index contributed by atoms with van der Waals surface area (Å²) in [5, 5.41) is 0. The molecule has 0 aromatic carbocycles. The average Bonchev–Trinajstić information content (AvgIpc) is 2.50. The molecule has 0 aliphatic rings. The number of hydrogen-bond donors (Lipinski definition) is 0. The molecule has 1 aromatic rings. The molecule has 1 heterocycles. The number of aryl methyl sites for hydroxylation is 1. The van der Waals surface area contributed by atoms with E-state index in [0.29, 0.717) is 11.4 Å². The molecule has 1 rings (SSSR count). The van der Waals surface area contributed by atoms with Gasteiger partial charge in [0.2, 0.25) is 0 Å². The largest absolute Gasteiger partial charge is 0.330 e. The molecule has 0 atom stereocenters. The zero-order chi connectivity index (χ0) is 9.84. The van der Waals surface area contributed by atoms with Gasteiger partial charge >= 0.3 is 0 Å². The molecule has 0 saturated carbocycles. The molecule has 0 radical (unpaired) electrons. The molecule has 68 valence electrons. The number of carbonyl (C=O) groups excluding carboxylic acids is 1. The summed E-state index contributed by atoms with van der Waals surface area (Å²) in [6, 6.07) is 0. The molecule has 0 aliphatic heterocycles. The Morgan fingerprint density at radius 3 is 3.00 bits per heavy atom. The quantitative estimate of drug-likeness (QED) is 0.662. The first kappa shape index (κ1) is 9.75. The van der Waals surface area contributed by atoms with E-state index < -0.39 is 0 Å². The smallest absolute Gasteiger partial charge is 0.266 e. The summed E-state index contributed by atoms with van der Waals surface area (Å²) in [5.41, 5.74) is 2.42. The number of aromatic nitrogens is 1. The number of rotatable bonds is 2. The van der Waals surface area contributed by atoms with Crippen LogP contribution in [0.2, 0.25) is 0 Å². The summed E-state index contributed by atoms with van der Waals surface area (Å²) in [4.78, 5) is 17.8. The third-order valence-corrected chi connectivity index (χ3v) is 2.53. The van der Waals surface area contributed by atoms with Crippen molar-refractivity contribution in [2.45, 2.75) is 6.92 Å². The highest BCUT2D eigenvalue weighted by molar-refractivity contribution is 7.11. The van der Waals surface area contributed by atoms with Gasteiger partial charge < -0.3 is 4.90 Å². The zero-order valence-corrected chi connectivity index (χ0v) is 8.39. The van der Waals surface area contributed by atoms with Gasteiger partial charge in [0, 0.05) is 7.05 Å². The van der Waals surface area contributed by atoms with Crippen molar-refractivity contribution in [2.24, 2.45) is 0 Å². The molecule has 1 aromatic heterocycles. The maximum atomic E-state index is 11.6. The lowest BCUT2D eigenvalue weighted by molar-refractivity contribution is 0.0816. The SMILES string of the molecule is C#CCN(C)C(=O)c1scnc1C. The first-order valence-corrected chi connectivity index (χ1v) is 4.63. The maximum Gasteiger partial charge on any atom is 0.266 e. The number of terminal acetylenes is 1. The summed E-state index contributed by atoms with van der Waals surface area (Å²) >= 11 is 1.34. The fourth-order valence-corrected chi connectivity index (χ4v) is 1.69. The summed E-state index contributed by atoms with van der Waals surface area (Å²) < 4.78 is 0. The van der Waals surface area contributed by atoms with Gasteiger partial charge in [-0.25, -0.2) is 4.98 Å².